The van der Waals surface area contributed by atoms with Crippen LogP contribution in [0.3, 0.4) is 0 Å². The molecule has 0 radical (unpaired) electrons. The largest absolute Gasteiger partial charge is 0.394 e. The molecular weight excluding hydrogens is 831 g/mol. The summed E-state index contributed by atoms with van der Waals surface area (Å²) in [6, 6.07) is -0.641. The normalized spacial score (nSPS) is 13.1. The van der Waals surface area contributed by atoms with Gasteiger partial charge in [0.1, 0.15) is 0 Å². The van der Waals surface area contributed by atoms with Gasteiger partial charge in [-0.25, -0.2) is 0 Å². The van der Waals surface area contributed by atoms with Crippen molar-refractivity contribution in [2.45, 2.75) is 347 Å². The molecule has 0 aromatic rings. The van der Waals surface area contributed by atoms with Crippen LogP contribution in [0.4, 0.5) is 0 Å². The summed E-state index contributed by atoms with van der Waals surface area (Å²) < 4.78 is 0. The lowest BCUT2D eigenvalue weighted by molar-refractivity contribution is -0.123. The molecule has 4 nitrogen and oxygen atoms in total. The second-order valence-corrected chi connectivity index (χ2v) is 21.1. The van der Waals surface area contributed by atoms with Gasteiger partial charge in [0.15, 0.2) is 0 Å². The third-order valence-corrected chi connectivity index (χ3v) is 14.3. The monoisotopic (exact) mass is 952 g/mol. The molecule has 2 atom stereocenters. The van der Waals surface area contributed by atoms with Gasteiger partial charge in [-0.05, 0) is 64.2 Å². The number of carbonyl (C=O) groups excluding carboxylic acids is 1. The van der Waals surface area contributed by atoms with Crippen molar-refractivity contribution in [1.82, 2.24) is 5.32 Å². The molecule has 2 unspecified atom stereocenters. The number of hydrogen-bond acceptors (Lipinski definition) is 3. The van der Waals surface area contributed by atoms with E-state index in [4.69, 9.17) is 0 Å². The summed E-state index contributed by atoms with van der Waals surface area (Å²) in [6.45, 7) is 4.32. The van der Waals surface area contributed by atoms with Gasteiger partial charge in [-0.15, -0.1) is 0 Å². The fourth-order valence-corrected chi connectivity index (χ4v) is 9.58. The van der Waals surface area contributed by atoms with Crippen molar-refractivity contribution in [3.8, 4) is 0 Å². The molecule has 400 valence electrons. The van der Waals surface area contributed by atoms with Crippen LogP contribution in [0.15, 0.2) is 48.6 Å². The van der Waals surface area contributed by atoms with Crippen LogP contribution in [0, 0.1) is 0 Å². The van der Waals surface area contributed by atoms with Crippen LogP contribution < -0.4 is 5.32 Å². The van der Waals surface area contributed by atoms with Crippen molar-refractivity contribution in [3.05, 3.63) is 48.6 Å². The van der Waals surface area contributed by atoms with Gasteiger partial charge < -0.3 is 15.5 Å². The highest BCUT2D eigenvalue weighted by Gasteiger charge is 2.18. The first-order valence-electron chi connectivity index (χ1n) is 30.9. The average Bonchev–Trinajstić information content (AvgIpc) is 3.34. The number of nitrogens with one attached hydrogen (secondary N) is 1. The Kier molecular flexibility index (Phi) is 58.2. The van der Waals surface area contributed by atoms with Crippen molar-refractivity contribution in [1.29, 1.82) is 0 Å². The van der Waals surface area contributed by atoms with Crippen LogP contribution in [-0.4, -0.2) is 34.9 Å². The summed E-state index contributed by atoms with van der Waals surface area (Å²) in [6.07, 6.45) is 83.0. The Balaban J connectivity index is 3.49. The molecule has 0 rings (SSSR count). The summed E-state index contributed by atoms with van der Waals surface area (Å²) >= 11 is 0. The number of allylic oxidation sites excluding steroid dienone is 7. The van der Waals surface area contributed by atoms with Crippen LogP contribution in [-0.2, 0) is 4.79 Å². The Labute approximate surface area is 426 Å². The third-order valence-electron chi connectivity index (χ3n) is 14.3. The standard InChI is InChI=1S/C64H121NO3/c1-3-5-7-9-11-13-15-17-19-21-23-25-27-29-31-32-34-35-37-39-41-43-45-47-49-51-53-55-57-59-63(67)62(61-66)65-64(68)60-58-56-54-52-50-48-46-44-42-40-38-36-33-30-28-26-24-22-20-18-16-14-12-10-8-6-4-2/h16,18,22,24,49,51,57,59,62-63,66-67H,3-15,17,19-21,23,25-48,50,52-56,58,60-61H2,1-2H3,(H,65,68)/b18-16-,24-22-,51-49+,59-57+. The molecule has 0 aromatic carbocycles. The zero-order valence-corrected chi connectivity index (χ0v) is 46.1. The number of hydrogen-bond donors (Lipinski definition) is 3. The first-order chi connectivity index (χ1) is 33.7. The molecular formula is C64H121NO3. The van der Waals surface area contributed by atoms with E-state index in [1.54, 1.807) is 6.08 Å². The Morgan fingerprint density at radius 2 is 0.618 bits per heavy atom. The predicted octanol–water partition coefficient (Wildman–Crippen LogP) is 20.6. The van der Waals surface area contributed by atoms with Crippen LogP contribution in [0.2, 0.25) is 0 Å². The quantitative estimate of drug-likeness (QED) is 0.0420. The molecule has 0 aliphatic carbocycles. The molecule has 68 heavy (non-hydrogen) atoms. The Morgan fingerprint density at radius 1 is 0.353 bits per heavy atom. The molecule has 0 saturated carbocycles. The minimum atomic E-state index is -0.864. The van der Waals surface area contributed by atoms with Crippen LogP contribution in [0.1, 0.15) is 335 Å². The molecule has 0 aromatic heterocycles. The van der Waals surface area contributed by atoms with Gasteiger partial charge >= 0.3 is 0 Å². The molecule has 0 aliphatic rings. The van der Waals surface area contributed by atoms with Crippen LogP contribution in [0.5, 0.6) is 0 Å². The second-order valence-electron chi connectivity index (χ2n) is 21.1. The maximum absolute atomic E-state index is 12.5. The summed E-state index contributed by atoms with van der Waals surface area (Å²) in [5, 5.41) is 23.2. The number of amides is 1. The molecule has 0 bridgehead atoms. The van der Waals surface area contributed by atoms with Crippen molar-refractivity contribution in [3.63, 3.8) is 0 Å². The van der Waals surface area contributed by atoms with E-state index in [2.05, 4.69) is 55.6 Å². The van der Waals surface area contributed by atoms with E-state index in [0.717, 1.165) is 38.5 Å². The Morgan fingerprint density at radius 3 is 0.941 bits per heavy atom. The number of aliphatic hydroxyl groups excluding tert-OH is 2. The minimum Gasteiger partial charge on any atom is -0.394 e. The van der Waals surface area contributed by atoms with Crippen LogP contribution >= 0.6 is 0 Å². The maximum Gasteiger partial charge on any atom is 0.220 e. The molecule has 0 aliphatic heterocycles. The zero-order chi connectivity index (χ0) is 49.2. The molecule has 1 amide bonds. The van der Waals surface area contributed by atoms with Gasteiger partial charge in [0.25, 0.3) is 0 Å². The highest BCUT2D eigenvalue weighted by Crippen LogP contribution is 2.18. The molecule has 0 saturated heterocycles. The van der Waals surface area contributed by atoms with E-state index in [0.29, 0.717) is 6.42 Å². The smallest absolute Gasteiger partial charge is 0.220 e. The molecule has 0 spiro atoms. The fourth-order valence-electron chi connectivity index (χ4n) is 9.58. The third kappa shape index (κ3) is 55.3. The minimum absolute atomic E-state index is 0.0698. The first-order valence-corrected chi connectivity index (χ1v) is 30.9. The van der Waals surface area contributed by atoms with E-state index < -0.39 is 12.1 Å². The fraction of sp³-hybridized carbons (Fsp3) is 0.859. The summed E-state index contributed by atoms with van der Waals surface area (Å²) in [5.74, 6) is -0.0698. The number of unbranched alkanes of at least 4 members (excludes halogenated alkanes) is 44. The molecule has 0 fully saturated rings. The number of aliphatic hydroxyl groups is 2. The molecule has 4 heteroatoms. The van der Waals surface area contributed by atoms with E-state index in [-0.39, 0.29) is 12.5 Å². The number of carbonyl (C=O) groups is 1. The van der Waals surface area contributed by atoms with Gasteiger partial charge in [0.2, 0.25) is 5.91 Å². The lowest BCUT2D eigenvalue weighted by Crippen LogP contribution is -2.45. The van der Waals surface area contributed by atoms with Gasteiger partial charge in [0, 0.05) is 6.42 Å². The SMILES string of the molecule is CCCCCCC/C=C\C/C=C\CCCCCCCCCCCCCCCCCC(=O)NC(CO)C(O)/C=C/CC/C=C/CCCCCCCCCCCCCCCCCCCCCCCCC. The summed E-state index contributed by atoms with van der Waals surface area (Å²) in [5.41, 5.74) is 0. The van der Waals surface area contributed by atoms with Crippen molar-refractivity contribution in [2.24, 2.45) is 0 Å². The van der Waals surface area contributed by atoms with E-state index >= 15 is 0 Å². The van der Waals surface area contributed by atoms with Crippen molar-refractivity contribution in [2.75, 3.05) is 6.61 Å². The zero-order valence-electron chi connectivity index (χ0n) is 46.1. The van der Waals surface area contributed by atoms with Gasteiger partial charge in [-0.2, -0.15) is 0 Å². The van der Waals surface area contributed by atoms with Gasteiger partial charge in [-0.1, -0.05) is 313 Å². The van der Waals surface area contributed by atoms with Gasteiger partial charge in [0.05, 0.1) is 18.8 Å². The van der Waals surface area contributed by atoms with E-state index in [1.807, 2.05) is 6.08 Å². The first kappa shape index (κ1) is 66.3. The predicted molar refractivity (Wildman–Crippen MR) is 304 cm³/mol. The van der Waals surface area contributed by atoms with E-state index in [1.165, 1.54) is 276 Å². The Hall–Kier alpha value is -1.65. The number of rotatable bonds is 57. The highest BCUT2D eigenvalue weighted by molar-refractivity contribution is 5.76. The lowest BCUT2D eigenvalue weighted by Gasteiger charge is -2.19. The van der Waals surface area contributed by atoms with E-state index in [9.17, 15) is 15.0 Å². The topological polar surface area (TPSA) is 69.6 Å². The van der Waals surface area contributed by atoms with Crippen LogP contribution in [0.25, 0.3) is 0 Å². The maximum atomic E-state index is 12.5. The lowest BCUT2D eigenvalue weighted by atomic mass is 10.0. The Bertz CT molecular complexity index is 1080. The second kappa shape index (κ2) is 59.7. The highest BCUT2D eigenvalue weighted by atomic mass is 16.3. The summed E-state index contributed by atoms with van der Waals surface area (Å²) in [4.78, 5) is 12.5. The average molecular weight is 953 g/mol. The summed E-state index contributed by atoms with van der Waals surface area (Å²) in [7, 11) is 0. The van der Waals surface area contributed by atoms with Gasteiger partial charge in [-0.3, -0.25) is 4.79 Å². The molecule has 3 N–H and O–H groups in total. The van der Waals surface area contributed by atoms with Crippen molar-refractivity contribution >= 4 is 5.91 Å². The van der Waals surface area contributed by atoms with Crippen molar-refractivity contribution < 1.29 is 15.0 Å². The molecule has 0 heterocycles.